The summed E-state index contributed by atoms with van der Waals surface area (Å²) in [6.07, 6.45) is 0. The molecule has 0 aliphatic carbocycles. The van der Waals surface area contributed by atoms with E-state index in [1.54, 1.807) is 24.3 Å². The maximum absolute atomic E-state index is 13.3. The van der Waals surface area contributed by atoms with Crippen LogP contribution in [0.15, 0.2) is 48.5 Å². The van der Waals surface area contributed by atoms with Crippen LogP contribution in [-0.4, -0.2) is 12.5 Å². The Hall–Kier alpha value is -1.63. The zero-order chi connectivity index (χ0) is 13.7. The molecular formula is C14H11FINO2. The van der Waals surface area contributed by atoms with Gasteiger partial charge in [0.1, 0.15) is 11.6 Å². The maximum atomic E-state index is 13.3. The summed E-state index contributed by atoms with van der Waals surface area (Å²) in [6, 6.07) is 13.3. The third-order valence-electron chi connectivity index (χ3n) is 2.33. The summed E-state index contributed by atoms with van der Waals surface area (Å²) in [5.74, 6) is -0.266. The molecule has 2 aromatic rings. The molecule has 2 aromatic carbocycles. The highest BCUT2D eigenvalue weighted by Gasteiger charge is 2.06. The van der Waals surface area contributed by atoms with E-state index in [1.165, 1.54) is 12.1 Å². The minimum Gasteiger partial charge on any atom is -0.484 e. The van der Waals surface area contributed by atoms with Crippen LogP contribution in [0, 0.1) is 9.39 Å². The van der Waals surface area contributed by atoms with Gasteiger partial charge < -0.3 is 10.1 Å². The lowest BCUT2D eigenvalue weighted by atomic mass is 10.3. The molecule has 98 valence electrons. The fraction of sp³-hybridized carbons (Fsp3) is 0.0714. The van der Waals surface area contributed by atoms with Crippen molar-refractivity contribution in [1.29, 1.82) is 0 Å². The molecule has 0 radical (unpaired) electrons. The van der Waals surface area contributed by atoms with Gasteiger partial charge >= 0.3 is 0 Å². The molecule has 0 aliphatic heterocycles. The van der Waals surface area contributed by atoms with Gasteiger partial charge in [0, 0.05) is 3.57 Å². The lowest BCUT2D eigenvalue weighted by Gasteiger charge is -2.08. The topological polar surface area (TPSA) is 38.3 Å². The molecule has 0 heterocycles. The Balaban J connectivity index is 1.88. The van der Waals surface area contributed by atoms with Crippen LogP contribution >= 0.6 is 22.6 Å². The van der Waals surface area contributed by atoms with Crippen molar-refractivity contribution < 1.29 is 13.9 Å². The van der Waals surface area contributed by atoms with E-state index >= 15 is 0 Å². The molecule has 0 aliphatic rings. The predicted octanol–water partition coefficient (Wildman–Crippen LogP) is 3.45. The lowest BCUT2D eigenvalue weighted by Crippen LogP contribution is -2.20. The zero-order valence-electron chi connectivity index (χ0n) is 9.90. The Labute approximate surface area is 123 Å². The smallest absolute Gasteiger partial charge is 0.262 e. The van der Waals surface area contributed by atoms with E-state index in [0.29, 0.717) is 5.75 Å². The first-order valence-corrected chi connectivity index (χ1v) is 6.66. The standard InChI is InChI=1S/C14H11FINO2/c15-12-3-1-2-4-13(12)17-14(18)9-19-11-7-5-10(16)6-8-11/h1-8H,9H2,(H,17,18). The second kappa shape index (κ2) is 6.51. The van der Waals surface area contributed by atoms with Gasteiger partial charge in [-0.15, -0.1) is 0 Å². The van der Waals surface area contributed by atoms with Crippen molar-refractivity contribution in [1.82, 2.24) is 0 Å². The Morgan fingerprint density at radius 1 is 1.16 bits per heavy atom. The van der Waals surface area contributed by atoms with Crippen LogP contribution in [0.1, 0.15) is 0 Å². The monoisotopic (exact) mass is 371 g/mol. The average molecular weight is 371 g/mol. The quantitative estimate of drug-likeness (QED) is 0.837. The van der Waals surface area contributed by atoms with Crippen molar-refractivity contribution in [2.75, 3.05) is 11.9 Å². The summed E-state index contributed by atoms with van der Waals surface area (Å²) in [7, 11) is 0. The second-order valence-corrected chi connectivity index (χ2v) is 5.02. The molecule has 0 saturated carbocycles. The van der Waals surface area contributed by atoms with E-state index in [-0.39, 0.29) is 12.3 Å². The van der Waals surface area contributed by atoms with Gasteiger partial charge in [-0.2, -0.15) is 0 Å². The number of rotatable bonds is 4. The van der Waals surface area contributed by atoms with E-state index in [2.05, 4.69) is 27.9 Å². The van der Waals surface area contributed by atoms with Crippen molar-refractivity contribution in [3.63, 3.8) is 0 Å². The Morgan fingerprint density at radius 2 is 1.84 bits per heavy atom. The fourth-order valence-electron chi connectivity index (χ4n) is 1.43. The minimum atomic E-state index is -0.467. The van der Waals surface area contributed by atoms with Crippen LogP contribution in [0.2, 0.25) is 0 Å². The summed E-state index contributed by atoms with van der Waals surface area (Å²) < 4.78 is 19.7. The van der Waals surface area contributed by atoms with Gasteiger partial charge in [0.2, 0.25) is 0 Å². The summed E-state index contributed by atoms with van der Waals surface area (Å²) in [5.41, 5.74) is 0.152. The maximum Gasteiger partial charge on any atom is 0.262 e. The number of anilines is 1. The van der Waals surface area contributed by atoms with Crippen molar-refractivity contribution in [3.05, 3.63) is 57.9 Å². The third kappa shape index (κ3) is 4.20. The molecule has 0 fully saturated rings. The highest BCUT2D eigenvalue weighted by molar-refractivity contribution is 14.1. The Bertz CT molecular complexity index is 572. The van der Waals surface area contributed by atoms with Gasteiger partial charge in [-0.05, 0) is 59.0 Å². The van der Waals surface area contributed by atoms with E-state index in [4.69, 9.17) is 4.74 Å². The highest BCUT2D eigenvalue weighted by Crippen LogP contribution is 2.14. The molecule has 0 saturated heterocycles. The van der Waals surface area contributed by atoms with Crippen LogP contribution in [0.3, 0.4) is 0 Å². The second-order valence-electron chi connectivity index (χ2n) is 3.77. The summed E-state index contributed by atoms with van der Waals surface area (Å²) in [6.45, 7) is -0.158. The van der Waals surface area contributed by atoms with E-state index in [1.807, 2.05) is 12.1 Å². The van der Waals surface area contributed by atoms with Gasteiger partial charge in [-0.25, -0.2) is 4.39 Å². The number of benzene rings is 2. The third-order valence-corrected chi connectivity index (χ3v) is 3.05. The molecule has 1 N–H and O–H groups in total. The van der Waals surface area contributed by atoms with Crippen LogP contribution in [-0.2, 0) is 4.79 Å². The molecule has 19 heavy (non-hydrogen) atoms. The first-order valence-electron chi connectivity index (χ1n) is 5.58. The number of hydrogen-bond acceptors (Lipinski definition) is 2. The Kier molecular flexibility index (Phi) is 4.73. The number of amides is 1. The van der Waals surface area contributed by atoms with Crippen LogP contribution in [0.25, 0.3) is 0 Å². The van der Waals surface area contributed by atoms with E-state index < -0.39 is 11.7 Å². The summed E-state index contributed by atoms with van der Waals surface area (Å²) in [4.78, 5) is 11.6. The van der Waals surface area contributed by atoms with Crippen molar-refractivity contribution >= 4 is 34.2 Å². The molecule has 0 atom stereocenters. The first kappa shape index (κ1) is 13.8. The van der Waals surface area contributed by atoms with Crippen molar-refractivity contribution in [2.24, 2.45) is 0 Å². The predicted molar refractivity (Wildman–Crippen MR) is 79.7 cm³/mol. The number of ether oxygens (including phenoxy) is 1. The van der Waals surface area contributed by atoms with Gasteiger partial charge in [0.05, 0.1) is 5.69 Å². The Morgan fingerprint density at radius 3 is 2.53 bits per heavy atom. The normalized spacial score (nSPS) is 10.0. The number of carbonyl (C=O) groups is 1. The number of carbonyl (C=O) groups excluding carboxylic acids is 1. The number of para-hydroxylation sites is 1. The molecule has 5 heteroatoms. The van der Waals surface area contributed by atoms with Crippen molar-refractivity contribution in [3.8, 4) is 5.75 Å². The molecule has 1 amide bonds. The van der Waals surface area contributed by atoms with Gasteiger partial charge in [0.15, 0.2) is 6.61 Å². The van der Waals surface area contributed by atoms with Crippen molar-refractivity contribution in [2.45, 2.75) is 0 Å². The SMILES string of the molecule is O=C(COc1ccc(I)cc1)Nc1ccccc1F. The van der Waals surface area contributed by atoms with Gasteiger partial charge in [0.25, 0.3) is 5.91 Å². The zero-order valence-corrected chi connectivity index (χ0v) is 12.1. The first-order chi connectivity index (χ1) is 9.15. The largest absolute Gasteiger partial charge is 0.484 e. The van der Waals surface area contributed by atoms with Crippen LogP contribution in [0.4, 0.5) is 10.1 Å². The van der Waals surface area contributed by atoms with E-state index in [9.17, 15) is 9.18 Å². The van der Waals surface area contributed by atoms with Gasteiger partial charge in [-0.3, -0.25) is 4.79 Å². The van der Waals surface area contributed by atoms with Crippen LogP contribution in [0.5, 0.6) is 5.75 Å². The molecule has 2 rings (SSSR count). The molecular weight excluding hydrogens is 360 g/mol. The lowest BCUT2D eigenvalue weighted by molar-refractivity contribution is -0.118. The number of halogens is 2. The summed E-state index contributed by atoms with van der Waals surface area (Å²) >= 11 is 2.18. The molecule has 0 bridgehead atoms. The fourth-order valence-corrected chi connectivity index (χ4v) is 1.79. The number of hydrogen-bond donors (Lipinski definition) is 1. The molecule has 0 aromatic heterocycles. The summed E-state index contributed by atoms with van der Waals surface area (Å²) in [5, 5.41) is 2.45. The molecule has 3 nitrogen and oxygen atoms in total. The molecule has 0 unspecified atom stereocenters. The minimum absolute atomic E-state index is 0.152. The average Bonchev–Trinajstić information content (AvgIpc) is 2.41. The van der Waals surface area contributed by atoms with Crippen LogP contribution < -0.4 is 10.1 Å². The molecule has 0 spiro atoms. The van der Waals surface area contributed by atoms with E-state index in [0.717, 1.165) is 3.57 Å². The highest BCUT2D eigenvalue weighted by atomic mass is 127. The van der Waals surface area contributed by atoms with Gasteiger partial charge in [-0.1, -0.05) is 12.1 Å². The number of nitrogens with one attached hydrogen (secondary N) is 1.